The highest BCUT2D eigenvalue weighted by molar-refractivity contribution is 6.04. The number of carbonyl (C=O) groups excluding carboxylic acids is 2. The van der Waals surface area contributed by atoms with Gasteiger partial charge >= 0.3 is 18.1 Å². The standard InChI is InChI=1S/C25H24F3NO4/c1-23(2)32-21(30)24(22(31)33-23)14-17-12-18(25(26,27)28)8-9-19(17)29-11-10-16(13-20(24)29)15-6-4-3-5-7-15/h3-9,12,16,20H,10-11,13-14H2,1-2H3/t16-,20+/m1/s1. The number of hydrogen-bond acceptors (Lipinski definition) is 5. The third-order valence-electron chi connectivity index (χ3n) is 7.03. The molecule has 2 fully saturated rings. The first-order chi connectivity index (χ1) is 15.5. The lowest BCUT2D eigenvalue weighted by Gasteiger charge is -2.54. The highest BCUT2D eigenvalue weighted by Gasteiger charge is 2.64. The second kappa shape index (κ2) is 7.23. The lowest BCUT2D eigenvalue weighted by Crippen LogP contribution is -2.67. The highest BCUT2D eigenvalue weighted by atomic mass is 19.4. The van der Waals surface area contributed by atoms with Crippen molar-refractivity contribution in [2.45, 2.75) is 57.0 Å². The van der Waals surface area contributed by atoms with Gasteiger partial charge < -0.3 is 14.4 Å². The molecular weight excluding hydrogens is 435 g/mol. The van der Waals surface area contributed by atoms with Crippen LogP contribution >= 0.6 is 0 Å². The van der Waals surface area contributed by atoms with Gasteiger partial charge in [0, 0.05) is 32.5 Å². The minimum absolute atomic E-state index is 0.0934. The lowest BCUT2D eigenvalue weighted by atomic mass is 9.65. The molecule has 0 N–H and O–H groups in total. The molecule has 0 radical (unpaired) electrons. The Hall–Kier alpha value is -3.03. The number of cyclic esters (lactones) is 2. The molecule has 174 valence electrons. The summed E-state index contributed by atoms with van der Waals surface area (Å²) in [7, 11) is 0. The Morgan fingerprint density at radius 1 is 1.00 bits per heavy atom. The van der Waals surface area contributed by atoms with Crippen LogP contribution in [0.1, 0.15) is 49.3 Å². The van der Waals surface area contributed by atoms with Gasteiger partial charge in [-0.25, -0.2) is 0 Å². The molecule has 0 bridgehead atoms. The van der Waals surface area contributed by atoms with Crippen LogP contribution in [0.3, 0.4) is 0 Å². The zero-order chi connectivity index (χ0) is 23.6. The number of hydrogen-bond donors (Lipinski definition) is 0. The molecular formula is C25H24F3NO4. The molecule has 3 aliphatic rings. The Morgan fingerprint density at radius 3 is 2.30 bits per heavy atom. The van der Waals surface area contributed by atoms with Gasteiger partial charge in [0.2, 0.25) is 0 Å². The Kier molecular flexibility index (Phi) is 4.78. The van der Waals surface area contributed by atoms with Gasteiger partial charge in [-0.1, -0.05) is 30.3 Å². The molecule has 0 aliphatic carbocycles. The number of alkyl halides is 3. The molecule has 2 saturated heterocycles. The molecule has 5 nitrogen and oxygen atoms in total. The molecule has 3 heterocycles. The molecule has 2 aromatic rings. The second-order valence-electron chi connectivity index (χ2n) is 9.51. The SMILES string of the molecule is CC1(C)OC(=O)C2(Cc3cc(C(F)(F)F)ccc3N3CC[C@@H](c4ccccc4)C[C@H]32)C(=O)O1. The number of rotatable bonds is 1. The Morgan fingerprint density at radius 2 is 1.67 bits per heavy atom. The molecule has 5 rings (SSSR count). The van der Waals surface area contributed by atoms with Crippen molar-refractivity contribution >= 4 is 17.6 Å². The third-order valence-corrected chi connectivity index (χ3v) is 7.03. The Balaban J connectivity index is 1.62. The van der Waals surface area contributed by atoms with E-state index in [-0.39, 0.29) is 12.3 Å². The second-order valence-corrected chi connectivity index (χ2v) is 9.51. The summed E-state index contributed by atoms with van der Waals surface area (Å²) in [6.45, 7) is 3.44. The molecule has 8 heteroatoms. The van der Waals surface area contributed by atoms with E-state index < -0.39 is 40.9 Å². The van der Waals surface area contributed by atoms with E-state index in [0.717, 1.165) is 24.1 Å². The van der Waals surface area contributed by atoms with Crippen LogP contribution in [0.5, 0.6) is 0 Å². The molecule has 2 atom stereocenters. The van der Waals surface area contributed by atoms with Crippen LogP contribution < -0.4 is 4.90 Å². The minimum Gasteiger partial charge on any atom is -0.422 e. The van der Waals surface area contributed by atoms with E-state index in [4.69, 9.17) is 9.47 Å². The molecule has 0 aromatic heterocycles. The predicted octanol–water partition coefficient (Wildman–Crippen LogP) is 4.84. The molecule has 0 saturated carbocycles. The maximum Gasteiger partial charge on any atom is 0.416 e. The smallest absolute Gasteiger partial charge is 0.416 e. The first-order valence-corrected chi connectivity index (χ1v) is 11.0. The fourth-order valence-corrected chi connectivity index (χ4v) is 5.50. The quantitative estimate of drug-likeness (QED) is 0.451. The van der Waals surface area contributed by atoms with Gasteiger partial charge in [-0.3, -0.25) is 9.59 Å². The van der Waals surface area contributed by atoms with E-state index in [1.165, 1.54) is 19.9 Å². The number of esters is 2. The van der Waals surface area contributed by atoms with Gasteiger partial charge in [-0.2, -0.15) is 13.2 Å². The summed E-state index contributed by atoms with van der Waals surface area (Å²) in [5.41, 5.74) is -0.515. The summed E-state index contributed by atoms with van der Waals surface area (Å²) in [6.07, 6.45) is -3.50. The van der Waals surface area contributed by atoms with Gasteiger partial charge in [0.25, 0.3) is 5.79 Å². The number of anilines is 1. The van der Waals surface area contributed by atoms with Crippen molar-refractivity contribution in [3.05, 3.63) is 65.2 Å². The van der Waals surface area contributed by atoms with Gasteiger partial charge in [-0.05, 0) is 48.1 Å². The van der Waals surface area contributed by atoms with Gasteiger partial charge in [0.05, 0.1) is 11.6 Å². The van der Waals surface area contributed by atoms with Gasteiger partial charge in [0.1, 0.15) is 0 Å². The number of piperidine rings is 1. The van der Waals surface area contributed by atoms with Crippen molar-refractivity contribution in [2.75, 3.05) is 11.4 Å². The molecule has 3 aliphatic heterocycles. The number of fused-ring (bicyclic) bond motifs is 4. The van der Waals surface area contributed by atoms with Crippen LogP contribution in [0.25, 0.3) is 0 Å². The van der Waals surface area contributed by atoms with Crippen LogP contribution in [-0.2, 0) is 31.7 Å². The zero-order valence-corrected chi connectivity index (χ0v) is 18.3. The van der Waals surface area contributed by atoms with E-state index >= 15 is 0 Å². The Bertz CT molecular complexity index is 1090. The summed E-state index contributed by atoms with van der Waals surface area (Å²) in [5.74, 6) is -2.81. The van der Waals surface area contributed by atoms with Crippen LogP contribution in [0.15, 0.2) is 48.5 Å². The molecule has 0 unspecified atom stereocenters. The van der Waals surface area contributed by atoms with E-state index in [1.54, 1.807) is 0 Å². The fourth-order valence-electron chi connectivity index (χ4n) is 5.50. The Labute approximate surface area is 189 Å². The van der Waals surface area contributed by atoms with Crippen LogP contribution in [0.2, 0.25) is 0 Å². The summed E-state index contributed by atoms with van der Waals surface area (Å²) in [6, 6.07) is 12.8. The number of benzene rings is 2. The number of carbonyl (C=O) groups is 2. The lowest BCUT2D eigenvalue weighted by molar-refractivity contribution is -0.253. The minimum atomic E-state index is -4.53. The first kappa shape index (κ1) is 21.8. The number of halogens is 3. The van der Waals surface area contributed by atoms with Crippen LogP contribution in [0, 0.1) is 5.41 Å². The average Bonchev–Trinajstić information content (AvgIpc) is 2.76. The number of nitrogens with zero attached hydrogens (tertiary/aromatic N) is 1. The van der Waals surface area contributed by atoms with Crippen molar-refractivity contribution in [1.29, 1.82) is 0 Å². The molecule has 0 amide bonds. The predicted molar refractivity (Wildman–Crippen MR) is 113 cm³/mol. The normalized spacial score (nSPS) is 25.7. The van der Waals surface area contributed by atoms with Gasteiger partial charge in [0.15, 0.2) is 5.41 Å². The van der Waals surface area contributed by atoms with E-state index in [0.29, 0.717) is 24.2 Å². The summed E-state index contributed by atoms with van der Waals surface area (Å²) in [4.78, 5) is 28.7. The van der Waals surface area contributed by atoms with Crippen molar-refractivity contribution < 1.29 is 32.2 Å². The maximum absolute atomic E-state index is 13.4. The van der Waals surface area contributed by atoms with E-state index in [9.17, 15) is 22.8 Å². The molecule has 2 aromatic carbocycles. The summed E-state index contributed by atoms with van der Waals surface area (Å²) >= 11 is 0. The van der Waals surface area contributed by atoms with Crippen molar-refractivity contribution in [3.63, 3.8) is 0 Å². The monoisotopic (exact) mass is 459 g/mol. The van der Waals surface area contributed by atoms with Crippen molar-refractivity contribution in [3.8, 4) is 0 Å². The van der Waals surface area contributed by atoms with Crippen molar-refractivity contribution in [2.24, 2.45) is 5.41 Å². The maximum atomic E-state index is 13.4. The number of ether oxygens (including phenoxy) is 2. The topological polar surface area (TPSA) is 55.8 Å². The average molecular weight is 459 g/mol. The van der Waals surface area contributed by atoms with Crippen LogP contribution in [-0.4, -0.2) is 30.3 Å². The van der Waals surface area contributed by atoms with Crippen LogP contribution in [0.4, 0.5) is 18.9 Å². The van der Waals surface area contributed by atoms with E-state index in [1.807, 2.05) is 35.2 Å². The summed E-state index contributed by atoms with van der Waals surface area (Å²) < 4.78 is 51.3. The van der Waals surface area contributed by atoms with Crippen molar-refractivity contribution in [1.82, 2.24) is 0 Å². The summed E-state index contributed by atoms with van der Waals surface area (Å²) in [5, 5.41) is 0. The fraction of sp³-hybridized carbons (Fsp3) is 0.440. The first-order valence-electron chi connectivity index (χ1n) is 11.0. The third kappa shape index (κ3) is 3.47. The van der Waals surface area contributed by atoms with Gasteiger partial charge in [-0.15, -0.1) is 0 Å². The molecule has 1 spiro atoms. The highest BCUT2D eigenvalue weighted by Crippen LogP contribution is 2.52. The largest absolute Gasteiger partial charge is 0.422 e. The molecule has 33 heavy (non-hydrogen) atoms. The van der Waals surface area contributed by atoms with E-state index in [2.05, 4.69) is 0 Å². The zero-order valence-electron chi connectivity index (χ0n) is 18.3.